The molecule has 2 aromatic heterocycles. The van der Waals surface area contributed by atoms with Crippen molar-refractivity contribution in [1.82, 2.24) is 20.1 Å². The minimum atomic E-state index is -6.23. The van der Waals surface area contributed by atoms with E-state index in [0.717, 1.165) is 11.0 Å². The molecule has 1 aliphatic heterocycles. The van der Waals surface area contributed by atoms with Crippen molar-refractivity contribution in [1.29, 1.82) is 0 Å². The zero-order chi connectivity index (χ0) is 30.7. The molecule has 41 heavy (non-hydrogen) atoms. The second-order valence-electron chi connectivity index (χ2n) is 9.82. The molecule has 2 N–H and O–H groups in total. The van der Waals surface area contributed by atoms with Gasteiger partial charge < -0.3 is 19.5 Å². The first kappa shape index (κ1) is 31.4. The minimum absolute atomic E-state index is 0.000886. The summed E-state index contributed by atoms with van der Waals surface area (Å²) in [6, 6.07) is 1.01. The number of carbonyl (C=O) groups is 1. The molecule has 1 saturated heterocycles. The van der Waals surface area contributed by atoms with Gasteiger partial charge >= 0.3 is 12.4 Å². The van der Waals surface area contributed by atoms with E-state index in [-0.39, 0.29) is 58.9 Å². The molecule has 0 radical (unpaired) electrons. The number of thiazole rings is 1. The van der Waals surface area contributed by atoms with Crippen LogP contribution in [0.4, 0.5) is 30.7 Å². The molecular formula is C23H19Cl2F7N4O4S. The highest BCUT2D eigenvalue weighted by Gasteiger charge is 2.72. The predicted molar refractivity (Wildman–Crippen MR) is 132 cm³/mol. The fourth-order valence-electron chi connectivity index (χ4n) is 4.04. The molecule has 1 aromatic carbocycles. The van der Waals surface area contributed by atoms with Crippen LogP contribution in [0.5, 0.6) is 0 Å². The van der Waals surface area contributed by atoms with E-state index in [2.05, 4.69) is 15.2 Å². The number of aliphatic hydroxyl groups is 2. The van der Waals surface area contributed by atoms with Crippen LogP contribution in [0, 0.1) is 0 Å². The van der Waals surface area contributed by atoms with E-state index < -0.39 is 51.2 Å². The van der Waals surface area contributed by atoms with Crippen LogP contribution in [0.25, 0.3) is 21.3 Å². The molecule has 0 aliphatic carbocycles. The maximum absolute atomic E-state index is 13.8. The number of hydrogen-bond donors (Lipinski definition) is 2. The van der Waals surface area contributed by atoms with Crippen LogP contribution in [0.2, 0.25) is 10.0 Å². The van der Waals surface area contributed by atoms with Crippen LogP contribution in [0.3, 0.4) is 0 Å². The van der Waals surface area contributed by atoms with Crippen molar-refractivity contribution in [2.24, 2.45) is 0 Å². The number of nitrogens with zero attached hydrogens (tertiary/aromatic N) is 4. The fourth-order valence-corrected chi connectivity index (χ4v) is 5.67. The van der Waals surface area contributed by atoms with Gasteiger partial charge in [0.05, 0.1) is 33.5 Å². The molecule has 1 aliphatic rings. The minimum Gasteiger partial charge on any atom is -0.419 e. The lowest BCUT2D eigenvalue weighted by Crippen LogP contribution is -2.54. The summed E-state index contributed by atoms with van der Waals surface area (Å²) in [5.74, 6) is -1.03. The molecule has 0 saturated carbocycles. The molecule has 1 unspecified atom stereocenters. The van der Waals surface area contributed by atoms with Crippen LogP contribution >= 0.6 is 34.5 Å². The summed E-state index contributed by atoms with van der Waals surface area (Å²) in [5.41, 5.74) is -9.04. The number of rotatable bonds is 6. The fraction of sp³-hybridized carbons (Fsp3) is 0.478. The zero-order valence-electron chi connectivity index (χ0n) is 20.9. The molecule has 0 spiro atoms. The Hall–Kier alpha value is -2.53. The van der Waals surface area contributed by atoms with E-state index in [4.69, 9.17) is 27.6 Å². The van der Waals surface area contributed by atoms with Crippen LogP contribution in [0.15, 0.2) is 16.5 Å². The summed E-state index contributed by atoms with van der Waals surface area (Å²) in [7, 11) is 0. The van der Waals surface area contributed by atoms with E-state index in [9.17, 15) is 45.7 Å². The Balaban J connectivity index is 1.87. The third-order valence-corrected chi connectivity index (χ3v) is 7.98. The van der Waals surface area contributed by atoms with E-state index in [1.807, 2.05) is 0 Å². The molecule has 1 amide bonds. The molecular weight excluding hydrogens is 632 g/mol. The number of benzene rings is 1. The summed E-state index contributed by atoms with van der Waals surface area (Å²) in [5, 5.41) is 25.2. The summed E-state index contributed by atoms with van der Waals surface area (Å²) in [4.78, 5) is 18.5. The zero-order valence-corrected chi connectivity index (χ0v) is 23.2. The molecule has 224 valence electrons. The first-order valence-electron chi connectivity index (χ1n) is 11.6. The van der Waals surface area contributed by atoms with E-state index >= 15 is 0 Å². The lowest BCUT2D eigenvalue weighted by atomic mass is 9.91. The predicted octanol–water partition coefficient (Wildman–Crippen LogP) is 5.98. The van der Waals surface area contributed by atoms with Gasteiger partial charge in [-0.05, 0) is 20.3 Å². The van der Waals surface area contributed by atoms with Crippen molar-refractivity contribution in [3.05, 3.63) is 39.3 Å². The maximum Gasteiger partial charge on any atom is 0.430 e. The van der Waals surface area contributed by atoms with Crippen LogP contribution in [-0.4, -0.2) is 73.4 Å². The lowest BCUT2D eigenvalue weighted by Gasteiger charge is -2.33. The van der Waals surface area contributed by atoms with Gasteiger partial charge in [0.25, 0.3) is 17.4 Å². The van der Waals surface area contributed by atoms with Gasteiger partial charge in [-0.1, -0.05) is 35.3 Å². The monoisotopic (exact) mass is 650 g/mol. The first-order valence-corrected chi connectivity index (χ1v) is 13.2. The van der Waals surface area contributed by atoms with Crippen molar-refractivity contribution >= 4 is 40.4 Å². The highest BCUT2D eigenvalue weighted by atomic mass is 35.5. The van der Waals surface area contributed by atoms with Crippen molar-refractivity contribution in [2.45, 2.75) is 56.4 Å². The Kier molecular flexibility index (Phi) is 8.14. The highest BCUT2D eigenvalue weighted by molar-refractivity contribution is 7.18. The van der Waals surface area contributed by atoms with Gasteiger partial charge in [-0.3, -0.25) is 4.79 Å². The third kappa shape index (κ3) is 5.89. The summed E-state index contributed by atoms with van der Waals surface area (Å²) in [6.07, 6.45) is -13.8. The lowest BCUT2D eigenvalue weighted by molar-refractivity contribution is -0.376. The average Bonchev–Trinajstić information content (AvgIpc) is 3.57. The quantitative estimate of drug-likeness (QED) is 0.316. The van der Waals surface area contributed by atoms with Gasteiger partial charge in [0.1, 0.15) is 11.9 Å². The van der Waals surface area contributed by atoms with E-state index in [0.29, 0.717) is 17.4 Å². The molecule has 1 fully saturated rings. The smallest absolute Gasteiger partial charge is 0.419 e. The van der Waals surface area contributed by atoms with E-state index in [1.54, 1.807) is 0 Å². The third-order valence-electron chi connectivity index (χ3n) is 6.02. The number of carbonyl (C=O) groups excluding carboxylic acids is 1. The van der Waals surface area contributed by atoms with Gasteiger partial charge in [0, 0.05) is 17.7 Å². The molecule has 4 rings (SSSR count). The number of amides is 1. The van der Waals surface area contributed by atoms with Crippen molar-refractivity contribution in [3.63, 3.8) is 0 Å². The van der Waals surface area contributed by atoms with Gasteiger partial charge in [-0.25, -0.2) is 9.37 Å². The van der Waals surface area contributed by atoms with Crippen molar-refractivity contribution in [3.8, 4) is 21.3 Å². The molecule has 0 bridgehead atoms. The van der Waals surface area contributed by atoms with E-state index in [1.165, 1.54) is 13.8 Å². The topological polar surface area (TPSA) is 113 Å². The average molecular weight is 651 g/mol. The Morgan fingerprint density at radius 1 is 1.10 bits per heavy atom. The van der Waals surface area contributed by atoms with Crippen LogP contribution in [0.1, 0.15) is 42.2 Å². The Bertz CT molecular complexity index is 1460. The van der Waals surface area contributed by atoms with Crippen molar-refractivity contribution in [2.75, 3.05) is 13.1 Å². The Labute approximate surface area is 240 Å². The van der Waals surface area contributed by atoms with Gasteiger partial charge in [0.15, 0.2) is 5.01 Å². The summed E-state index contributed by atoms with van der Waals surface area (Å²) in [6.45, 7) is 2.70. The first-order chi connectivity index (χ1) is 18.7. The number of aromatic nitrogens is 3. The largest absolute Gasteiger partial charge is 0.430 e. The standard InChI is InChI=1S/C23H19Cl2F7N4O4S/c1-20(2,38)7-12-34-35-17(40-12)18-33-15(19(37)36-6-5-9(26)8-36)16(41-18)10-3-4-11(14(25)13(10)24)21(39,22(27,28)29)23(30,31)32/h3-4,9,38-39H,5-8H2,1-2H3. The second kappa shape index (κ2) is 10.6. The van der Waals surface area contributed by atoms with Crippen molar-refractivity contribution < 1.29 is 50.2 Å². The number of likely N-dealkylation sites (tertiary alicyclic amines) is 1. The summed E-state index contributed by atoms with van der Waals surface area (Å²) >= 11 is 12.7. The number of hydrogen-bond acceptors (Lipinski definition) is 8. The molecule has 8 nitrogen and oxygen atoms in total. The molecule has 18 heteroatoms. The SMILES string of the molecule is CC(C)(O)Cc1nnc(-c2nc(C(=O)N3CCC(F)C3)c(-c3ccc(C(O)(C(F)(F)F)C(F)(F)F)c(Cl)c3Cl)s2)o1. The Morgan fingerprint density at radius 2 is 1.73 bits per heavy atom. The molecule has 3 heterocycles. The van der Waals surface area contributed by atoms with Crippen LogP contribution in [-0.2, 0) is 12.0 Å². The Morgan fingerprint density at radius 3 is 2.27 bits per heavy atom. The number of halogens is 9. The van der Waals surface area contributed by atoms with Gasteiger partial charge in [0.2, 0.25) is 5.89 Å². The molecule has 3 aromatic rings. The second-order valence-corrected chi connectivity index (χ2v) is 11.6. The highest BCUT2D eigenvalue weighted by Crippen LogP contribution is 2.54. The van der Waals surface area contributed by atoms with Crippen LogP contribution < -0.4 is 0 Å². The maximum atomic E-state index is 13.8. The number of alkyl halides is 7. The normalized spacial score (nSPS) is 17.0. The molecule has 1 atom stereocenters. The van der Waals surface area contributed by atoms with Gasteiger partial charge in [-0.2, -0.15) is 26.3 Å². The summed E-state index contributed by atoms with van der Waals surface area (Å²) < 4.78 is 100. The van der Waals surface area contributed by atoms with Gasteiger partial charge in [-0.15, -0.1) is 21.5 Å².